The highest BCUT2D eigenvalue weighted by atomic mass is 16.5. The summed E-state index contributed by atoms with van der Waals surface area (Å²) in [4.78, 5) is 15.2. The first-order chi connectivity index (χ1) is 8.24. The third-order valence-corrected chi connectivity index (χ3v) is 3.18. The van der Waals surface area contributed by atoms with Crippen LogP contribution < -0.4 is 0 Å². The summed E-state index contributed by atoms with van der Waals surface area (Å²) in [5, 5.41) is 4.15. The summed E-state index contributed by atoms with van der Waals surface area (Å²) in [6, 6.07) is 0.264. The molecule has 0 N–H and O–H groups in total. The minimum absolute atomic E-state index is 0.118. The zero-order valence-corrected chi connectivity index (χ0v) is 10.1. The van der Waals surface area contributed by atoms with Crippen molar-refractivity contribution in [3.05, 3.63) is 12.2 Å². The minimum atomic E-state index is -0.497. The molecule has 6 heteroatoms. The second-order valence-electron chi connectivity index (χ2n) is 4.22. The fourth-order valence-electron chi connectivity index (χ4n) is 2.21. The molecule has 1 fully saturated rings. The molecule has 94 valence electrons. The quantitative estimate of drug-likeness (QED) is 0.741. The van der Waals surface area contributed by atoms with Gasteiger partial charge in [-0.25, -0.2) is 14.5 Å². The van der Waals surface area contributed by atoms with E-state index in [0.717, 1.165) is 25.7 Å². The predicted octanol–water partition coefficient (Wildman–Crippen LogP) is 1.19. The number of methoxy groups -OCH3 is 2. The SMILES string of the molecule is COC(=O)c1ncn(C2CCCC(OC)C2)n1. The molecule has 2 unspecified atom stereocenters. The van der Waals surface area contributed by atoms with Crippen LogP contribution in [0.25, 0.3) is 0 Å². The van der Waals surface area contributed by atoms with Gasteiger partial charge in [0.2, 0.25) is 0 Å². The molecular formula is C11H17N3O3. The van der Waals surface area contributed by atoms with E-state index < -0.39 is 5.97 Å². The summed E-state index contributed by atoms with van der Waals surface area (Å²) in [5.41, 5.74) is 0. The molecule has 0 spiro atoms. The molecule has 0 aromatic carbocycles. The van der Waals surface area contributed by atoms with Crippen LogP contribution in [0.4, 0.5) is 0 Å². The maximum Gasteiger partial charge on any atom is 0.377 e. The van der Waals surface area contributed by atoms with Crippen LogP contribution in [0.2, 0.25) is 0 Å². The Labute approximate surface area is 99.9 Å². The van der Waals surface area contributed by atoms with Crippen LogP contribution >= 0.6 is 0 Å². The molecule has 0 bridgehead atoms. The Balaban J connectivity index is 2.06. The molecule has 2 rings (SSSR count). The highest BCUT2D eigenvalue weighted by molar-refractivity contribution is 5.84. The largest absolute Gasteiger partial charge is 0.463 e. The summed E-state index contributed by atoms with van der Waals surface area (Å²) in [6.07, 6.45) is 6.03. The summed E-state index contributed by atoms with van der Waals surface area (Å²) in [5.74, 6) is -0.380. The molecule has 1 saturated carbocycles. The Hall–Kier alpha value is -1.43. The average Bonchev–Trinajstić information content (AvgIpc) is 2.87. The number of hydrogen-bond acceptors (Lipinski definition) is 5. The first-order valence-corrected chi connectivity index (χ1v) is 5.77. The van der Waals surface area contributed by atoms with E-state index in [1.54, 1.807) is 18.1 Å². The molecule has 1 heterocycles. The van der Waals surface area contributed by atoms with Gasteiger partial charge in [0.1, 0.15) is 6.33 Å². The number of nitrogens with zero attached hydrogens (tertiary/aromatic N) is 3. The van der Waals surface area contributed by atoms with E-state index in [2.05, 4.69) is 14.8 Å². The molecule has 17 heavy (non-hydrogen) atoms. The van der Waals surface area contributed by atoms with Crippen molar-refractivity contribution in [2.24, 2.45) is 0 Å². The number of carbonyl (C=O) groups is 1. The normalized spacial score (nSPS) is 24.6. The molecule has 0 radical (unpaired) electrons. The first kappa shape index (κ1) is 12.0. The standard InChI is InChI=1S/C11H17N3O3/c1-16-9-5-3-4-8(6-9)14-7-12-10(13-14)11(15)17-2/h7-9H,3-6H2,1-2H3. The molecule has 1 aliphatic carbocycles. The molecule has 1 aliphatic rings. The average molecular weight is 239 g/mol. The molecular weight excluding hydrogens is 222 g/mol. The number of esters is 1. The lowest BCUT2D eigenvalue weighted by atomic mass is 9.93. The van der Waals surface area contributed by atoms with Gasteiger partial charge in [0.25, 0.3) is 5.82 Å². The van der Waals surface area contributed by atoms with Crippen molar-refractivity contribution in [1.82, 2.24) is 14.8 Å². The van der Waals surface area contributed by atoms with Crippen LogP contribution in [-0.2, 0) is 9.47 Å². The second-order valence-corrected chi connectivity index (χ2v) is 4.22. The Kier molecular flexibility index (Phi) is 3.73. The Morgan fingerprint density at radius 2 is 2.29 bits per heavy atom. The number of rotatable bonds is 3. The minimum Gasteiger partial charge on any atom is -0.463 e. The lowest BCUT2D eigenvalue weighted by Crippen LogP contribution is -2.24. The van der Waals surface area contributed by atoms with Gasteiger partial charge in [-0.15, -0.1) is 5.10 Å². The number of aromatic nitrogens is 3. The van der Waals surface area contributed by atoms with E-state index >= 15 is 0 Å². The van der Waals surface area contributed by atoms with Crippen molar-refractivity contribution >= 4 is 5.97 Å². The highest BCUT2D eigenvalue weighted by Gasteiger charge is 2.24. The summed E-state index contributed by atoms with van der Waals surface area (Å²) < 4.78 is 11.7. The molecule has 2 atom stereocenters. The van der Waals surface area contributed by atoms with E-state index in [0.29, 0.717) is 0 Å². The lowest BCUT2D eigenvalue weighted by Gasteiger charge is -2.27. The van der Waals surface area contributed by atoms with E-state index in [1.807, 2.05) is 0 Å². The van der Waals surface area contributed by atoms with Crippen LogP contribution in [-0.4, -0.2) is 41.1 Å². The molecule has 1 aromatic heterocycles. The summed E-state index contributed by atoms with van der Waals surface area (Å²) in [7, 11) is 3.05. The zero-order valence-electron chi connectivity index (χ0n) is 10.1. The van der Waals surface area contributed by atoms with Crippen molar-refractivity contribution in [3.8, 4) is 0 Å². The molecule has 0 aliphatic heterocycles. The molecule has 1 aromatic rings. The first-order valence-electron chi connectivity index (χ1n) is 5.77. The van der Waals surface area contributed by atoms with Crippen molar-refractivity contribution in [2.75, 3.05) is 14.2 Å². The smallest absolute Gasteiger partial charge is 0.377 e. The van der Waals surface area contributed by atoms with Gasteiger partial charge in [-0.05, 0) is 25.7 Å². The van der Waals surface area contributed by atoms with Gasteiger partial charge in [0.05, 0.1) is 19.3 Å². The zero-order chi connectivity index (χ0) is 12.3. The van der Waals surface area contributed by atoms with Gasteiger partial charge < -0.3 is 9.47 Å². The lowest BCUT2D eigenvalue weighted by molar-refractivity contribution is 0.0502. The van der Waals surface area contributed by atoms with Gasteiger partial charge in [0.15, 0.2) is 0 Å². The third-order valence-electron chi connectivity index (χ3n) is 3.18. The van der Waals surface area contributed by atoms with Gasteiger partial charge in [-0.1, -0.05) is 0 Å². The summed E-state index contributed by atoms with van der Waals surface area (Å²) >= 11 is 0. The van der Waals surface area contributed by atoms with Crippen molar-refractivity contribution in [1.29, 1.82) is 0 Å². The van der Waals surface area contributed by atoms with Crippen LogP contribution in [0.15, 0.2) is 6.33 Å². The van der Waals surface area contributed by atoms with Gasteiger partial charge in [-0.3, -0.25) is 0 Å². The van der Waals surface area contributed by atoms with Crippen LogP contribution in [0, 0.1) is 0 Å². The maximum absolute atomic E-state index is 11.2. The van der Waals surface area contributed by atoms with E-state index in [9.17, 15) is 4.79 Å². The van der Waals surface area contributed by atoms with Crippen molar-refractivity contribution in [2.45, 2.75) is 37.8 Å². The highest BCUT2D eigenvalue weighted by Crippen LogP contribution is 2.29. The Bertz CT molecular complexity index is 391. The predicted molar refractivity (Wildman–Crippen MR) is 59.7 cm³/mol. The fraction of sp³-hybridized carbons (Fsp3) is 0.727. The van der Waals surface area contributed by atoms with Crippen molar-refractivity contribution < 1.29 is 14.3 Å². The maximum atomic E-state index is 11.2. The van der Waals surface area contributed by atoms with Crippen LogP contribution in [0.1, 0.15) is 42.3 Å². The van der Waals surface area contributed by atoms with E-state index in [1.165, 1.54) is 7.11 Å². The topological polar surface area (TPSA) is 66.2 Å². The van der Waals surface area contributed by atoms with Gasteiger partial charge >= 0.3 is 5.97 Å². The van der Waals surface area contributed by atoms with Crippen LogP contribution in [0.3, 0.4) is 0 Å². The molecule has 0 saturated heterocycles. The fourth-order valence-corrected chi connectivity index (χ4v) is 2.21. The number of hydrogen-bond donors (Lipinski definition) is 0. The Morgan fingerprint density at radius 3 is 3.00 bits per heavy atom. The third kappa shape index (κ3) is 2.63. The Morgan fingerprint density at radius 1 is 1.47 bits per heavy atom. The van der Waals surface area contributed by atoms with Gasteiger partial charge in [-0.2, -0.15) is 0 Å². The van der Waals surface area contributed by atoms with Gasteiger partial charge in [0, 0.05) is 7.11 Å². The number of ether oxygens (including phenoxy) is 2. The molecule has 0 amide bonds. The van der Waals surface area contributed by atoms with Crippen molar-refractivity contribution in [3.63, 3.8) is 0 Å². The van der Waals surface area contributed by atoms with E-state index in [-0.39, 0.29) is 18.0 Å². The number of carbonyl (C=O) groups excluding carboxylic acids is 1. The monoisotopic (exact) mass is 239 g/mol. The van der Waals surface area contributed by atoms with E-state index in [4.69, 9.17) is 4.74 Å². The van der Waals surface area contributed by atoms with Crippen LogP contribution in [0.5, 0.6) is 0 Å². The summed E-state index contributed by atoms with van der Waals surface area (Å²) in [6.45, 7) is 0. The second kappa shape index (κ2) is 5.27. The molecule has 6 nitrogen and oxygen atoms in total.